The van der Waals surface area contributed by atoms with E-state index < -0.39 is 17.9 Å². The Morgan fingerprint density at radius 2 is 1.65 bits per heavy atom. The molecule has 0 saturated carbocycles. The number of rotatable bonds is 9. The number of para-hydroxylation sites is 1. The van der Waals surface area contributed by atoms with E-state index in [4.69, 9.17) is 9.47 Å². The summed E-state index contributed by atoms with van der Waals surface area (Å²) in [5.74, 6) is 0.171. The van der Waals surface area contributed by atoms with Crippen molar-refractivity contribution in [2.45, 2.75) is 39.2 Å². The molecule has 0 bridgehead atoms. The summed E-state index contributed by atoms with van der Waals surface area (Å²) in [5, 5.41) is 2.12. The Morgan fingerprint density at radius 3 is 2.45 bits per heavy atom. The molecular weight excluding hydrogens is 392 g/mol. The fraction of sp³-hybridized carbons (Fsp3) is 0.280. The van der Waals surface area contributed by atoms with Crippen LogP contribution in [0.1, 0.15) is 43.5 Å². The van der Waals surface area contributed by atoms with Gasteiger partial charge in [-0.25, -0.2) is 0 Å². The number of carbonyl (C=O) groups is 2. The lowest BCUT2D eigenvalue weighted by Crippen LogP contribution is -2.47. The maximum Gasteiger partial charge on any atom is 0.279 e. The predicted octanol–water partition coefficient (Wildman–Crippen LogP) is 4.64. The van der Waals surface area contributed by atoms with E-state index in [1.165, 1.54) is 0 Å². The number of carbonyl (C=O) groups excluding carboxylic acids is 2. The molecule has 0 unspecified atom stereocenters. The molecule has 3 aromatic carbocycles. The number of amides is 2. The Balaban J connectivity index is 1.54. The quantitative estimate of drug-likeness (QED) is 0.391. The smallest absolute Gasteiger partial charge is 0.279 e. The van der Waals surface area contributed by atoms with Crippen molar-refractivity contribution in [1.82, 2.24) is 10.9 Å². The van der Waals surface area contributed by atoms with Gasteiger partial charge in [0.25, 0.3) is 11.8 Å². The first-order valence-corrected chi connectivity index (χ1v) is 10.6. The number of hydrogen-bond donors (Lipinski definition) is 2. The van der Waals surface area contributed by atoms with Crippen LogP contribution < -0.4 is 20.3 Å². The van der Waals surface area contributed by atoms with Crippen LogP contribution in [0, 0.1) is 0 Å². The summed E-state index contributed by atoms with van der Waals surface area (Å²) in [6.07, 6.45) is 2.30. The van der Waals surface area contributed by atoms with Gasteiger partial charge in [-0.1, -0.05) is 62.2 Å². The molecule has 0 spiro atoms. The molecule has 0 fully saturated rings. The van der Waals surface area contributed by atoms with Crippen LogP contribution in [-0.4, -0.2) is 24.5 Å². The lowest BCUT2D eigenvalue weighted by Gasteiger charge is -2.16. The molecule has 0 saturated heterocycles. The Hall–Kier alpha value is -3.54. The zero-order chi connectivity index (χ0) is 22.1. The van der Waals surface area contributed by atoms with E-state index in [0.29, 0.717) is 23.7 Å². The summed E-state index contributed by atoms with van der Waals surface area (Å²) < 4.78 is 11.5. The highest BCUT2D eigenvalue weighted by atomic mass is 16.5. The molecule has 6 heteroatoms. The zero-order valence-electron chi connectivity index (χ0n) is 17.9. The van der Waals surface area contributed by atoms with Crippen molar-refractivity contribution in [3.8, 4) is 11.5 Å². The van der Waals surface area contributed by atoms with Gasteiger partial charge in [-0.05, 0) is 48.4 Å². The van der Waals surface area contributed by atoms with Crippen LogP contribution in [-0.2, 0) is 4.79 Å². The minimum atomic E-state index is -0.790. The Labute approximate surface area is 182 Å². The highest BCUT2D eigenvalue weighted by Gasteiger charge is 2.17. The maximum absolute atomic E-state index is 12.5. The molecule has 2 amide bonds. The number of hydrazine groups is 1. The molecule has 162 valence electrons. The first kappa shape index (κ1) is 22.2. The van der Waals surface area contributed by atoms with Crippen molar-refractivity contribution in [2.75, 3.05) is 6.61 Å². The van der Waals surface area contributed by atoms with E-state index in [-0.39, 0.29) is 0 Å². The number of hydrogen-bond acceptors (Lipinski definition) is 4. The van der Waals surface area contributed by atoms with Crippen molar-refractivity contribution >= 4 is 22.6 Å². The molecule has 0 aliphatic heterocycles. The third kappa shape index (κ3) is 6.22. The van der Waals surface area contributed by atoms with Gasteiger partial charge in [-0.3, -0.25) is 20.4 Å². The number of nitrogens with one attached hydrogen (secondary N) is 2. The van der Waals surface area contributed by atoms with E-state index in [9.17, 15) is 9.59 Å². The maximum atomic E-state index is 12.5. The van der Waals surface area contributed by atoms with Gasteiger partial charge in [-0.2, -0.15) is 0 Å². The third-order valence-electron chi connectivity index (χ3n) is 4.84. The van der Waals surface area contributed by atoms with E-state index in [1.807, 2.05) is 48.5 Å². The molecule has 0 aliphatic carbocycles. The summed E-state index contributed by atoms with van der Waals surface area (Å²) >= 11 is 0. The molecule has 0 heterocycles. The summed E-state index contributed by atoms with van der Waals surface area (Å²) in [6, 6.07) is 20.5. The highest BCUT2D eigenvalue weighted by Crippen LogP contribution is 2.21. The fourth-order valence-electron chi connectivity index (χ4n) is 3.10. The normalized spacial score (nSPS) is 11.5. The second kappa shape index (κ2) is 11.0. The van der Waals surface area contributed by atoms with Gasteiger partial charge in [0.1, 0.15) is 11.5 Å². The van der Waals surface area contributed by atoms with E-state index >= 15 is 0 Å². The Kier molecular flexibility index (Phi) is 7.87. The number of fused-ring (bicyclic) bond motifs is 1. The second-order valence-electron chi connectivity index (χ2n) is 7.26. The van der Waals surface area contributed by atoms with Gasteiger partial charge >= 0.3 is 0 Å². The summed E-state index contributed by atoms with van der Waals surface area (Å²) in [4.78, 5) is 24.9. The molecule has 0 radical (unpaired) electrons. The van der Waals surface area contributed by atoms with Crippen molar-refractivity contribution in [2.24, 2.45) is 0 Å². The van der Waals surface area contributed by atoms with Gasteiger partial charge < -0.3 is 9.47 Å². The van der Waals surface area contributed by atoms with Gasteiger partial charge in [0.15, 0.2) is 6.10 Å². The van der Waals surface area contributed by atoms with Gasteiger partial charge in [-0.15, -0.1) is 0 Å². The first-order valence-electron chi connectivity index (χ1n) is 10.6. The molecule has 0 aromatic heterocycles. The molecule has 0 aliphatic rings. The predicted molar refractivity (Wildman–Crippen MR) is 121 cm³/mol. The minimum Gasteiger partial charge on any atom is -0.493 e. The Morgan fingerprint density at radius 1 is 0.903 bits per heavy atom. The number of ether oxygens (including phenoxy) is 2. The first-order chi connectivity index (χ1) is 15.1. The van der Waals surface area contributed by atoms with Crippen molar-refractivity contribution in [3.63, 3.8) is 0 Å². The van der Waals surface area contributed by atoms with Crippen molar-refractivity contribution in [1.29, 1.82) is 0 Å². The van der Waals surface area contributed by atoms with Crippen LogP contribution in [0.3, 0.4) is 0 Å². The lowest BCUT2D eigenvalue weighted by atomic mass is 10.1. The molecule has 31 heavy (non-hydrogen) atoms. The second-order valence-corrected chi connectivity index (χ2v) is 7.26. The molecule has 3 rings (SSSR count). The summed E-state index contributed by atoms with van der Waals surface area (Å²) in [5.41, 5.74) is 5.22. The zero-order valence-corrected chi connectivity index (χ0v) is 17.9. The minimum absolute atomic E-state index is 0.363. The lowest BCUT2D eigenvalue weighted by molar-refractivity contribution is -0.128. The van der Waals surface area contributed by atoms with Crippen LogP contribution >= 0.6 is 0 Å². The topological polar surface area (TPSA) is 76.7 Å². The van der Waals surface area contributed by atoms with E-state index in [1.54, 1.807) is 25.1 Å². The fourth-order valence-corrected chi connectivity index (χ4v) is 3.10. The van der Waals surface area contributed by atoms with E-state index in [0.717, 1.165) is 30.0 Å². The SMILES string of the molecule is CCCCCOc1ccccc1C(=O)NNC(=O)[C@@H](C)Oc1ccc2ccccc2c1. The molecule has 3 aromatic rings. The van der Waals surface area contributed by atoms with Gasteiger partial charge in [0, 0.05) is 0 Å². The van der Waals surface area contributed by atoms with Crippen LogP contribution in [0.5, 0.6) is 11.5 Å². The van der Waals surface area contributed by atoms with E-state index in [2.05, 4.69) is 17.8 Å². The largest absolute Gasteiger partial charge is 0.493 e. The van der Waals surface area contributed by atoms with Gasteiger partial charge in [0.05, 0.1) is 12.2 Å². The van der Waals surface area contributed by atoms with Crippen LogP contribution in [0.2, 0.25) is 0 Å². The molecule has 2 N–H and O–H groups in total. The summed E-state index contributed by atoms with van der Waals surface area (Å²) in [7, 11) is 0. The Bertz CT molecular complexity index is 1030. The van der Waals surface area contributed by atoms with Crippen LogP contribution in [0.15, 0.2) is 66.7 Å². The average Bonchev–Trinajstić information content (AvgIpc) is 2.80. The van der Waals surface area contributed by atoms with Crippen LogP contribution in [0.4, 0.5) is 0 Å². The average molecular weight is 421 g/mol. The number of benzene rings is 3. The van der Waals surface area contributed by atoms with Crippen LogP contribution in [0.25, 0.3) is 10.8 Å². The standard InChI is InChI=1S/C25H28N2O4/c1-3-4-9-16-30-23-13-8-7-12-22(23)25(29)27-26-24(28)18(2)31-21-15-14-19-10-5-6-11-20(19)17-21/h5-8,10-15,17-18H,3-4,9,16H2,1-2H3,(H,26,28)(H,27,29)/t18-/m1/s1. The third-order valence-corrected chi connectivity index (χ3v) is 4.84. The highest BCUT2D eigenvalue weighted by molar-refractivity contribution is 5.98. The molecular formula is C25H28N2O4. The monoisotopic (exact) mass is 420 g/mol. The number of unbranched alkanes of at least 4 members (excludes halogenated alkanes) is 2. The summed E-state index contributed by atoms with van der Waals surface area (Å²) in [6.45, 7) is 4.29. The molecule has 1 atom stereocenters. The molecule has 6 nitrogen and oxygen atoms in total. The van der Waals surface area contributed by atoms with Crippen molar-refractivity contribution < 1.29 is 19.1 Å². The van der Waals surface area contributed by atoms with Crippen molar-refractivity contribution in [3.05, 3.63) is 72.3 Å². The van der Waals surface area contributed by atoms with Gasteiger partial charge in [0.2, 0.25) is 0 Å².